The molecule has 0 aromatic rings. The van der Waals surface area contributed by atoms with E-state index in [9.17, 15) is 9.59 Å². The molecule has 5 heteroatoms. The first kappa shape index (κ1) is 16.0. The normalized spacial score (nSPS) is 23.8. The van der Waals surface area contributed by atoms with E-state index in [2.05, 4.69) is 0 Å². The van der Waals surface area contributed by atoms with Crippen LogP contribution in [0.25, 0.3) is 0 Å². The second-order valence-corrected chi connectivity index (χ2v) is 6.11. The molecule has 19 heavy (non-hydrogen) atoms. The molecular formula is C14H25NO4. The molecule has 0 N–H and O–H groups in total. The summed E-state index contributed by atoms with van der Waals surface area (Å²) in [6, 6.07) is 0. The quantitative estimate of drug-likeness (QED) is 0.583. The Bertz CT molecular complexity index is 335. The molecule has 1 aliphatic carbocycles. The van der Waals surface area contributed by atoms with Gasteiger partial charge in [-0.2, -0.15) is 0 Å². The first-order chi connectivity index (χ1) is 8.74. The average molecular weight is 271 g/mol. The summed E-state index contributed by atoms with van der Waals surface area (Å²) in [5.74, 6) is -0.566. The molecule has 0 aliphatic heterocycles. The summed E-state index contributed by atoms with van der Waals surface area (Å²) in [7, 11) is 3.06. The van der Waals surface area contributed by atoms with Crippen LogP contribution in [0.15, 0.2) is 0 Å². The molecule has 0 bridgehead atoms. The standard InChI is InChI=1S/C14H25NO4/c1-14(2,3)19-13(17)11-8-6-7-10(9-11)12(16)15(4)18-5/h10-11H,6-9H2,1-5H3/t10-,11-/m0/s1. The van der Waals surface area contributed by atoms with Crippen molar-refractivity contribution in [2.45, 2.75) is 52.1 Å². The lowest BCUT2D eigenvalue weighted by molar-refractivity contribution is -0.176. The number of hydrogen-bond acceptors (Lipinski definition) is 4. The molecular weight excluding hydrogens is 246 g/mol. The van der Waals surface area contributed by atoms with E-state index in [-0.39, 0.29) is 23.7 Å². The van der Waals surface area contributed by atoms with E-state index < -0.39 is 5.60 Å². The SMILES string of the molecule is CON(C)C(=O)[C@H]1CCC[C@H](C(=O)OC(C)(C)C)C1. The Morgan fingerprint density at radius 3 is 2.26 bits per heavy atom. The van der Waals surface area contributed by atoms with Crippen LogP contribution in [0.3, 0.4) is 0 Å². The minimum absolute atomic E-state index is 0.0595. The maximum atomic E-state index is 12.0. The number of nitrogens with zero attached hydrogens (tertiary/aromatic N) is 1. The summed E-state index contributed by atoms with van der Waals surface area (Å²) >= 11 is 0. The number of hydroxylamine groups is 2. The van der Waals surface area contributed by atoms with Gasteiger partial charge in [0.15, 0.2) is 0 Å². The zero-order chi connectivity index (χ0) is 14.6. The average Bonchev–Trinajstić information content (AvgIpc) is 2.35. The van der Waals surface area contributed by atoms with E-state index in [1.807, 2.05) is 20.8 Å². The first-order valence-corrected chi connectivity index (χ1v) is 6.79. The summed E-state index contributed by atoms with van der Waals surface area (Å²) in [4.78, 5) is 29.0. The van der Waals surface area contributed by atoms with Gasteiger partial charge in [-0.3, -0.25) is 14.4 Å². The summed E-state index contributed by atoms with van der Waals surface area (Å²) in [6.45, 7) is 5.57. The van der Waals surface area contributed by atoms with E-state index in [1.54, 1.807) is 7.05 Å². The van der Waals surface area contributed by atoms with Gasteiger partial charge in [0.25, 0.3) is 0 Å². The van der Waals surface area contributed by atoms with E-state index in [0.29, 0.717) is 6.42 Å². The van der Waals surface area contributed by atoms with Crippen molar-refractivity contribution in [2.24, 2.45) is 11.8 Å². The van der Waals surface area contributed by atoms with E-state index >= 15 is 0 Å². The third-order valence-electron chi connectivity index (χ3n) is 3.35. The Kier molecular flexibility index (Phi) is 5.35. The minimum Gasteiger partial charge on any atom is -0.460 e. The molecule has 5 nitrogen and oxygen atoms in total. The van der Waals surface area contributed by atoms with Crippen LogP contribution in [-0.2, 0) is 19.2 Å². The highest BCUT2D eigenvalue weighted by Crippen LogP contribution is 2.32. The van der Waals surface area contributed by atoms with Crippen LogP contribution in [0.2, 0.25) is 0 Å². The number of ether oxygens (including phenoxy) is 1. The summed E-state index contributed by atoms with van der Waals surface area (Å²) in [5.41, 5.74) is -0.475. The van der Waals surface area contributed by atoms with Gasteiger partial charge in [0, 0.05) is 13.0 Å². The number of carbonyl (C=O) groups is 2. The van der Waals surface area contributed by atoms with Crippen molar-refractivity contribution in [1.82, 2.24) is 5.06 Å². The molecule has 1 saturated carbocycles. The van der Waals surface area contributed by atoms with Crippen LogP contribution in [0.4, 0.5) is 0 Å². The molecule has 0 saturated heterocycles. The van der Waals surface area contributed by atoms with Crippen LogP contribution >= 0.6 is 0 Å². The van der Waals surface area contributed by atoms with E-state index in [1.165, 1.54) is 12.2 Å². The van der Waals surface area contributed by atoms with Crippen molar-refractivity contribution in [3.63, 3.8) is 0 Å². The number of esters is 1. The third-order valence-corrected chi connectivity index (χ3v) is 3.35. The Balaban J connectivity index is 2.59. The largest absolute Gasteiger partial charge is 0.460 e. The molecule has 2 atom stereocenters. The maximum absolute atomic E-state index is 12.0. The van der Waals surface area contributed by atoms with E-state index in [4.69, 9.17) is 9.57 Å². The molecule has 0 aromatic heterocycles. The highest BCUT2D eigenvalue weighted by Gasteiger charge is 2.34. The third kappa shape index (κ3) is 4.82. The van der Waals surface area contributed by atoms with Crippen LogP contribution in [-0.4, -0.2) is 36.7 Å². The summed E-state index contributed by atoms with van der Waals surface area (Å²) < 4.78 is 5.40. The van der Waals surface area contributed by atoms with Crippen molar-refractivity contribution in [2.75, 3.05) is 14.2 Å². The van der Waals surface area contributed by atoms with Crippen LogP contribution < -0.4 is 0 Å². The molecule has 110 valence electrons. The highest BCUT2D eigenvalue weighted by molar-refractivity contribution is 5.79. The monoisotopic (exact) mass is 271 g/mol. The predicted molar refractivity (Wildman–Crippen MR) is 71.1 cm³/mol. The molecule has 1 aliphatic rings. The van der Waals surface area contributed by atoms with Crippen LogP contribution in [0.1, 0.15) is 46.5 Å². The molecule has 1 fully saturated rings. The van der Waals surface area contributed by atoms with Gasteiger partial charge in [0.2, 0.25) is 5.91 Å². The molecule has 0 heterocycles. The van der Waals surface area contributed by atoms with Gasteiger partial charge >= 0.3 is 5.97 Å². The molecule has 1 rings (SSSR count). The number of amides is 1. The number of carbonyl (C=O) groups excluding carboxylic acids is 2. The van der Waals surface area contributed by atoms with Crippen molar-refractivity contribution < 1.29 is 19.2 Å². The van der Waals surface area contributed by atoms with Gasteiger partial charge < -0.3 is 4.74 Å². The Morgan fingerprint density at radius 2 is 1.74 bits per heavy atom. The lowest BCUT2D eigenvalue weighted by Crippen LogP contribution is -2.37. The van der Waals surface area contributed by atoms with E-state index in [0.717, 1.165) is 19.3 Å². The summed E-state index contributed by atoms with van der Waals surface area (Å²) in [5, 5.41) is 1.24. The molecule has 0 unspecified atom stereocenters. The van der Waals surface area contributed by atoms with Gasteiger partial charge in [0.1, 0.15) is 5.60 Å². The maximum Gasteiger partial charge on any atom is 0.309 e. The smallest absolute Gasteiger partial charge is 0.309 e. The van der Waals surface area contributed by atoms with Gasteiger partial charge in [-0.1, -0.05) is 6.42 Å². The van der Waals surface area contributed by atoms with Gasteiger partial charge in [-0.25, -0.2) is 5.06 Å². The molecule has 0 spiro atoms. The van der Waals surface area contributed by atoms with Crippen LogP contribution in [0.5, 0.6) is 0 Å². The first-order valence-electron chi connectivity index (χ1n) is 6.79. The molecule has 1 amide bonds. The van der Waals surface area contributed by atoms with Crippen molar-refractivity contribution >= 4 is 11.9 Å². The fraction of sp³-hybridized carbons (Fsp3) is 0.857. The molecule has 0 radical (unpaired) electrons. The zero-order valence-corrected chi connectivity index (χ0v) is 12.6. The zero-order valence-electron chi connectivity index (χ0n) is 12.6. The second-order valence-electron chi connectivity index (χ2n) is 6.11. The van der Waals surface area contributed by atoms with Crippen molar-refractivity contribution in [1.29, 1.82) is 0 Å². The van der Waals surface area contributed by atoms with Gasteiger partial charge in [0.05, 0.1) is 13.0 Å². The number of hydrogen-bond donors (Lipinski definition) is 0. The van der Waals surface area contributed by atoms with Crippen molar-refractivity contribution in [3.8, 4) is 0 Å². The van der Waals surface area contributed by atoms with Gasteiger partial charge in [-0.05, 0) is 40.0 Å². The second kappa shape index (κ2) is 6.37. The topological polar surface area (TPSA) is 55.8 Å². The molecule has 0 aromatic carbocycles. The Morgan fingerprint density at radius 1 is 1.16 bits per heavy atom. The lowest BCUT2D eigenvalue weighted by atomic mass is 9.81. The summed E-state index contributed by atoms with van der Waals surface area (Å²) in [6.07, 6.45) is 3.04. The van der Waals surface area contributed by atoms with Gasteiger partial charge in [-0.15, -0.1) is 0 Å². The Labute approximate surface area is 115 Å². The van der Waals surface area contributed by atoms with Crippen molar-refractivity contribution in [3.05, 3.63) is 0 Å². The lowest BCUT2D eigenvalue weighted by Gasteiger charge is -2.31. The fourth-order valence-electron chi connectivity index (χ4n) is 2.36. The Hall–Kier alpha value is -1.10. The predicted octanol–water partition coefficient (Wildman–Crippen LogP) is 2.15. The van der Waals surface area contributed by atoms with Crippen LogP contribution in [0, 0.1) is 11.8 Å². The fourth-order valence-corrected chi connectivity index (χ4v) is 2.36. The minimum atomic E-state index is -0.475. The highest BCUT2D eigenvalue weighted by atomic mass is 16.7. The number of rotatable bonds is 3.